The van der Waals surface area contributed by atoms with Crippen LogP contribution < -0.4 is 5.32 Å². The maximum Gasteiger partial charge on any atom is 0.0277 e. The van der Waals surface area contributed by atoms with Gasteiger partial charge in [0.25, 0.3) is 0 Å². The van der Waals surface area contributed by atoms with Crippen LogP contribution in [-0.4, -0.2) is 20.3 Å². The molecular formula is C18H28N2. The molecule has 110 valence electrons. The van der Waals surface area contributed by atoms with Crippen molar-refractivity contribution in [3.8, 4) is 0 Å². The molecule has 0 aliphatic heterocycles. The number of nitrogens with one attached hydrogen (secondary N) is 1. The molecule has 0 aliphatic rings. The Labute approximate surface area is 124 Å². The monoisotopic (exact) mass is 272 g/mol. The molecule has 0 aromatic carbocycles. The Morgan fingerprint density at radius 1 is 0.900 bits per heavy atom. The average Bonchev–Trinajstić information content (AvgIpc) is 2.45. The summed E-state index contributed by atoms with van der Waals surface area (Å²) in [6.07, 6.45) is 11.9. The van der Waals surface area contributed by atoms with Crippen LogP contribution >= 0.6 is 0 Å². The lowest BCUT2D eigenvalue weighted by Gasteiger charge is -2.11. The first-order valence-electron chi connectivity index (χ1n) is 6.90. The first-order chi connectivity index (χ1) is 9.45. The lowest BCUT2D eigenvalue weighted by molar-refractivity contribution is 1.10. The van der Waals surface area contributed by atoms with E-state index in [0.29, 0.717) is 0 Å². The molecule has 0 bridgehead atoms. The Morgan fingerprint density at radius 3 is 2.10 bits per heavy atom. The number of hydrogen-bond acceptors (Lipinski definition) is 2. The predicted octanol–water partition coefficient (Wildman–Crippen LogP) is 4.60. The van der Waals surface area contributed by atoms with Crippen LogP contribution in [0.4, 0.5) is 0 Å². The summed E-state index contributed by atoms with van der Waals surface area (Å²) in [7, 11) is 3.67. The molecule has 0 unspecified atom stereocenters. The molecular weight excluding hydrogens is 244 g/mol. The van der Waals surface area contributed by atoms with Crippen LogP contribution in [0.25, 0.3) is 0 Å². The van der Waals surface area contributed by atoms with Gasteiger partial charge >= 0.3 is 0 Å². The van der Waals surface area contributed by atoms with Gasteiger partial charge in [-0.15, -0.1) is 0 Å². The van der Waals surface area contributed by atoms with Crippen molar-refractivity contribution in [3.63, 3.8) is 0 Å². The summed E-state index contributed by atoms with van der Waals surface area (Å²) in [6.45, 7) is 10.8. The zero-order valence-electron chi connectivity index (χ0n) is 13.9. The lowest BCUT2D eigenvalue weighted by Crippen LogP contribution is -1.92. The average molecular weight is 272 g/mol. The van der Waals surface area contributed by atoms with Gasteiger partial charge in [-0.05, 0) is 80.8 Å². The van der Waals surface area contributed by atoms with Gasteiger partial charge in [-0.3, -0.25) is 4.99 Å². The van der Waals surface area contributed by atoms with Crippen molar-refractivity contribution in [2.24, 2.45) is 4.99 Å². The molecule has 2 heteroatoms. The highest BCUT2D eigenvalue weighted by molar-refractivity contribution is 5.71. The molecule has 0 heterocycles. The Bertz CT molecular complexity index is 484. The third-order valence-corrected chi connectivity index (χ3v) is 3.50. The Morgan fingerprint density at radius 2 is 1.55 bits per heavy atom. The van der Waals surface area contributed by atoms with Gasteiger partial charge in [-0.1, -0.05) is 12.2 Å². The maximum absolute atomic E-state index is 3.95. The fourth-order valence-electron chi connectivity index (χ4n) is 1.68. The Kier molecular flexibility index (Phi) is 9.10. The van der Waals surface area contributed by atoms with Gasteiger partial charge in [-0.25, -0.2) is 0 Å². The standard InChI is InChI=1S/C18H28N2/c1-14(10-8-12-19-6)16(3)18(5)17(4)15(2)11-9-13-20-7/h8-13,19H,1-7H3. The van der Waals surface area contributed by atoms with Gasteiger partial charge in [-0.2, -0.15) is 0 Å². The molecule has 20 heavy (non-hydrogen) atoms. The molecule has 0 amide bonds. The van der Waals surface area contributed by atoms with Gasteiger partial charge in [0, 0.05) is 20.3 Å². The van der Waals surface area contributed by atoms with Crippen molar-refractivity contribution in [2.45, 2.75) is 34.6 Å². The van der Waals surface area contributed by atoms with Gasteiger partial charge in [0.2, 0.25) is 0 Å². The van der Waals surface area contributed by atoms with Crippen molar-refractivity contribution < 1.29 is 0 Å². The molecule has 0 saturated carbocycles. The third kappa shape index (κ3) is 6.37. The highest BCUT2D eigenvalue weighted by Gasteiger charge is 2.03. The molecule has 0 aliphatic carbocycles. The van der Waals surface area contributed by atoms with E-state index in [1.54, 1.807) is 13.3 Å². The van der Waals surface area contributed by atoms with E-state index in [0.717, 1.165) is 0 Å². The number of rotatable bonds is 6. The molecule has 0 atom stereocenters. The Hall–Kier alpha value is -1.83. The first-order valence-corrected chi connectivity index (χ1v) is 6.90. The fraction of sp³-hybridized carbons (Fsp3) is 0.389. The number of aliphatic imine (C=N–C) groups is 1. The summed E-state index contributed by atoms with van der Waals surface area (Å²) < 4.78 is 0. The van der Waals surface area contributed by atoms with Gasteiger partial charge < -0.3 is 5.32 Å². The Balaban J connectivity index is 5.32. The number of allylic oxidation sites excluding steroid dienone is 9. The number of hydrogen-bond donors (Lipinski definition) is 1. The molecule has 0 radical (unpaired) electrons. The zero-order valence-corrected chi connectivity index (χ0v) is 13.9. The SMILES string of the molecule is CN=CC=CC(C)=C(C)C(C)=C(C)C(C)=CC=CNC. The highest BCUT2D eigenvalue weighted by Crippen LogP contribution is 2.22. The summed E-state index contributed by atoms with van der Waals surface area (Å²) >= 11 is 0. The van der Waals surface area contributed by atoms with Crippen LogP contribution in [0.3, 0.4) is 0 Å². The summed E-state index contributed by atoms with van der Waals surface area (Å²) in [4.78, 5) is 3.95. The second kappa shape index (κ2) is 10.0. The third-order valence-electron chi connectivity index (χ3n) is 3.50. The molecule has 0 aromatic rings. The largest absolute Gasteiger partial charge is 0.394 e. The fourth-order valence-corrected chi connectivity index (χ4v) is 1.68. The van der Waals surface area contributed by atoms with Gasteiger partial charge in [0.15, 0.2) is 0 Å². The molecule has 2 nitrogen and oxygen atoms in total. The van der Waals surface area contributed by atoms with Crippen molar-refractivity contribution in [3.05, 3.63) is 58.4 Å². The van der Waals surface area contributed by atoms with E-state index in [1.165, 1.54) is 27.9 Å². The molecule has 0 fully saturated rings. The minimum atomic E-state index is 1.26. The molecule has 0 saturated heterocycles. The maximum atomic E-state index is 3.95. The van der Waals surface area contributed by atoms with E-state index in [2.05, 4.69) is 57.1 Å². The van der Waals surface area contributed by atoms with Crippen molar-refractivity contribution in [1.29, 1.82) is 0 Å². The van der Waals surface area contributed by atoms with Crippen LogP contribution in [-0.2, 0) is 0 Å². The van der Waals surface area contributed by atoms with Crippen LogP contribution in [0.15, 0.2) is 63.4 Å². The van der Waals surface area contributed by atoms with Gasteiger partial charge in [0.05, 0.1) is 0 Å². The van der Waals surface area contributed by atoms with Crippen LogP contribution in [0, 0.1) is 0 Å². The number of nitrogens with zero attached hydrogens (tertiary/aromatic N) is 1. The second-order valence-corrected chi connectivity index (χ2v) is 4.82. The van der Waals surface area contributed by atoms with E-state index in [1.807, 2.05) is 25.4 Å². The molecule has 0 rings (SSSR count). The first kappa shape index (κ1) is 18.2. The highest BCUT2D eigenvalue weighted by atomic mass is 14.8. The summed E-state index contributed by atoms with van der Waals surface area (Å²) in [5.74, 6) is 0. The normalized spacial score (nSPS) is 16.1. The topological polar surface area (TPSA) is 24.4 Å². The molecule has 0 aromatic heterocycles. The van der Waals surface area contributed by atoms with Crippen LogP contribution in [0.5, 0.6) is 0 Å². The van der Waals surface area contributed by atoms with E-state index in [4.69, 9.17) is 0 Å². The van der Waals surface area contributed by atoms with Crippen molar-refractivity contribution in [1.82, 2.24) is 5.32 Å². The summed E-state index contributed by atoms with van der Waals surface area (Å²) in [5, 5.41) is 2.99. The van der Waals surface area contributed by atoms with Crippen LogP contribution in [0.2, 0.25) is 0 Å². The van der Waals surface area contributed by atoms with Crippen molar-refractivity contribution in [2.75, 3.05) is 14.1 Å². The molecule has 1 N–H and O–H groups in total. The smallest absolute Gasteiger partial charge is 0.0277 e. The quantitative estimate of drug-likeness (QED) is 0.555. The van der Waals surface area contributed by atoms with E-state index in [9.17, 15) is 0 Å². The van der Waals surface area contributed by atoms with E-state index < -0.39 is 0 Å². The van der Waals surface area contributed by atoms with E-state index in [-0.39, 0.29) is 0 Å². The lowest BCUT2D eigenvalue weighted by atomic mass is 9.95. The van der Waals surface area contributed by atoms with E-state index >= 15 is 0 Å². The second-order valence-electron chi connectivity index (χ2n) is 4.82. The minimum absolute atomic E-state index is 1.26. The molecule has 0 spiro atoms. The van der Waals surface area contributed by atoms with Crippen LogP contribution in [0.1, 0.15) is 34.6 Å². The van der Waals surface area contributed by atoms with Gasteiger partial charge in [0.1, 0.15) is 0 Å². The minimum Gasteiger partial charge on any atom is -0.394 e. The predicted molar refractivity (Wildman–Crippen MR) is 92.3 cm³/mol. The zero-order chi connectivity index (χ0) is 15.5. The summed E-state index contributed by atoms with van der Waals surface area (Å²) in [5.41, 5.74) is 6.50. The van der Waals surface area contributed by atoms with Crippen molar-refractivity contribution >= 4 is 6.21 Å². The summed E-state index contributed by atoms with van der Waals surface area (Å²) in [6, 6.07) is 0.